The maximum Gasteiger partial charge on any atom is 0.573 e. The summed E-state index contributed by atoms with van der Waals surface area (Å²) in [5.74, 6) is -0.254. The summed E-state index contributed by atoms with van der Waals surface area (Å²) in [5, 5.41) is 2.97. The number of imidazole rings is 1. The van der Waals surface area contributed by atoms with Crippen molar-refractivity contribution >= 4 is 17.5 Å². The van der Waals surface area contributed by atoms with E-state index in [1.807, 2.05) is 0 Å². The third-order valence-corrected chi connectivity index (χ3v) is 5.90. The minimum Gasteiger partial charge on any atom is -0.444 e. The first-order valence-corrected chi connectivity index (χ1v) is 10.7. The van der Waals surface area contributed by atoms with Gasteiger partial charge >= 0.3 is 12.5 Å². The molecule has 1 saturated carbocycles. The third-order valence-electron chi connectivity index (χ3n) is 5.90. The summed E-state index contributed by atoms with van der Waals surface area (Å²) in [6, 6.07) is 2.63. The van der Waals surface area contributed by atoms with Crippen LogP contribution in [0.15, 0.2) is 24.5 Å². The molecule has 11 heteroatoms. The van der Waals surface area contributed by atoms with Gasteiger partial charge in [0.05, 0.1) is 11.7 Å². The third kappa shape index (κ3) is 4.72. The van der Waals surface area contributed by atoms with E-state index >= 15 is 0 Å². The van der Waals surface area contributed by atoms with Gasteiger partial charge in [-0.3, -0.25) is 9.20 Å². The number of hydrogen-bond donors (Lipinski definition) is 1. The van der Waals surface area contributed by atoms with Gasteiger partial charge in [-0.25, -0.2) is 9.78 Å². The fourth-order valence-corrected chi connectivity index (χ4v) is 4.51. The van der Waals surface area contributed by atoms with Crippen molar-refractivity contribution in [2.45, 2.75) is 52.1 Å². The molecule has 3 heterocycles. The average molecular weight is 468 g/mol. The van der Waals surface area contributed by atoms with Crippen molar-refractivity contribution in [1.29, 1.82) is 0 Å². The number of pyridine rings is 1. The molecular formula is C22H27F3N4O4. The van der Waals surface area contributed by atoms with Crippen molar-refractivity contribution < 1.29 is 32.2 Å². The van der Waals surface area contributed by atoms with E-state index in [1.165, 1.54) is 22.7 Å². The van der Waals surface area contributed by atoms with Crippen LogP contribution in [0.5, 0.6) is 5.75 Å². The molecule has 0 unspecified atom stereocenters. The second-order valence-electron chi connectivity index (χ2n) is 10.1. The number of amides is 2. The Morgan fingerprint density at radius 3 is 2.33 bits per heavy atom. The Labute approximate surface area is 189 Å². The highest BCUT2D eigenvalue weighted by Gasteiger charge is 2.61. The molecule has 4 rings (SSSR count). The smallest absolute Gasteiger partial charge is 0.444 e. The Bertz CT molecular complexity index is 1080. The van der Waals surface area contributed by atoms with Gasteiger partial charge in [0.25, 0.3) is 0 Å². The van der Waals surface area contributed by atoms with Crippen LogP contribution in [-0.2, 0) is 15.1 Å². The van der Waals surface area contributed by atoms with Gasteiger partial charge in [-0.2, -0.15) is 0 Å². The minimum absolute atomic E-state index is 0.0668. The van der Waals surface area contributed by atoms with Crippen molar-refractivity contribution in [2.75, 3.05) is 13.1 Å². The number of piperidine rings is 1. The van der Waals surface area contributed by atoms with Crippen LogP contribution >= 0.6 is 0 Å². The lowest BCUT2D eigenvalue weighted by Gasteiger charge is -2.27. The first-order chi connectivity index (χ1) is 15.2. The quantitative estimate of drug-likeness (QED) is 0.740. The van der Waals surface area contributed by atoms with Crippen molar-refractivity contribution in [2.24, 2.45) is 17.8 Å². The molecule has 8 nitrogen and oxygen atoms in total. The number of nitrogens with one attached hydrogen (secondary N) is 1. The summed E-state index contributed by atoms with van der Waals surface area (Å²) >= 11 is 0. The normalized spacial score (nSPS) is 22.8. The zero-order valence-corrected chi connectivity index (χ0v) is 19.1. The van der Waals surface area contributed by atoms with Gasteiger partial charge in [-0.15, -0.1) is 13.2 Å². The number of alkyl halides is 3. The number of hydrogen-bond acceptors (Lipinski definition) is 5. The Morgan fingerprint density at radius 1 is 1.12 bits per heavy atom. The molecule has 180 valence electrons. The molecule has 2 aromatic heterocycles. The van der Waals surface area contributed by atoms with Crippen molar-refractivity contribution in [1.82, 2.24) is 19.6 Å². The van der Waals surface area contributed by atoms with E-state index in [2.05, 4.69) is 15.0 Å². The van der Waals surface area contributed by atoms with Crippen LogP contribution in [0.1, 0.15) is 40.4 Å². The van der Waals surface area contributed by atoms with E-state index in [9.17, 15) is 22.8 Å². The number of aromatic nitrogens is 2. The van der Waals surface area contributed by atoms with Gasteiger partial charge in [0.2, 0.25) is 5.91 Å². The molecule has 2 aliphatic rings. The van der Waals surface area contributed by atoms with Gasteiger partial charge in [0.15, 0.2) is 5.75 Å². The van der Waals surface area contributed by atoms with Gasteiger partial charge in [0.1, 0.15) is 16.9 Å². The Kier molecular flexibility index (Phi) is 5.29. The number of halogens is 3. The van der Waals surface area contributed by atoms with E-state index in [0.29, 0.717) is 18.9 Å². The largest absolute Gasteiger partial charge is 0.573 e. The molecule has 0 radical (unpaired) electrons. The van der Waals surface area contributed by atoms with Gasteiger partial charge < -0.3 is 19.7 Å². The van der Waals surface area contributed by atoms with Crippen LogP contribution in [-0.4, -0.2) is 51.3 Å². The van der Waals surface area contributed by atoms with Gasteiger partial charge in [0, 0.05) is 25.2 Å². The fourth-order valence-electron chi connectivity index (χ4n) is 4.51. The van der Waals surface area contributed by atoms with Crippen molar-refractivity contribution in [3.63, 3.8) is 0 Å². The molecule has 0 aromatic carbocycles. The summed E-state index contributed by atoms with van der Waals surface area (Å²) in [7, 11) is 0. The zero-order chi connectivity index (χ0) is 24.3. The standard InChI is InChI=1S/C22H27F3N4O4/c1-20(2,3)33-19(31)28-10-12-13(11-28)16(12)17(30)27-21(4,5)18-26-9-14-15(32-22(23,24)25)7-6-8-29(14)18/h6-9,12-13,16H,10-11H2,1-5H3,(H,27,30)/t12-,13+,16+. The minimum atomic E-state index is -4.83. The molecule has 2 aromatic rings. The molecule has 2 amide bonds. The van der Waals surface area contributed by atoms with Crippen LogP contribution in [0.4, 0.5) is 18.0 Å². The maximum atomic E-state index is 13.0. The highest BCUT2D eigenvalue weighted by Crippen LogP contribution is 2.52. The van der Waals surface area contributed by atoms with E-state index in [-0.39, 0.29) is 41.0 Å². The monoisotopic (exact) mass is 468 g/mol. The van der Waals surface area contributed by atoms with Crippen molar-refractivity contribution in [3.05, 3.63) is 30.4 Å². The SMILES string of the molecule is CC(C)(C)OC(=O)N1C[C@@H]2[C@H](C1)[C@H]2C(=O)NC(C)(C)c1ncc2c(OC(F)(F)F)cccn12. The fraction of sp³-hybridized carbons (Fsp3) is 0.591. The van der Waals surface area contributed by atoms with Crippen LogP contribution < -0.4 is 10.1 Å². The van der Waals surface area contributed by atoms with Crippen LogP contribution in [0.2, 0.25) is 0 Å². The second-order valence-corrected chi connectivity index (χ2v) is 10.1. The molecule has 0 bridgehead atoms. The summed E-state index contributed by atoms with van der Waals surface area (Å²) in [4.78, 5) is 31.1. The number of carbonyl (C=O) groups excluding carboxylic acids is 2. The zero-order valence-electron chi connectivity index (χ0n) is 19.1. The highest BCUT2D eigenvalue weighted by molar-refractivity contribution is 5.84. The molecule has 1 aliphatic heterocycles. The Morgan fingerprint density at radius 2 is 1.76 bits per heavy atom. The van der Waals surface area contributed by atoms with Crippen LogP contribution in [0.3, 0.4) is 0 Å². The number of ether oxygens (including phenoxy) is 2. The molecular weight excluding hydrogens is 441 g/mol. The maximum absolute atomic E-state index is 13.0. The lowest BCUT2D eigenvalue weighted by molar-refractivity contribution is -0.274. The van der Waals surface area contributed by atoms with Gasteiger partial charge in [-0.1, -0.05) is 0 Å². The lowest BCUT2D eigenvalue weighted by atomic mass is 10.0. The van der Waals surface area contributed by atoms with Gasteiger partial charge in [-0.05, 0) is 58.6 Å². The van der Waals surface area contributed by atoms with Crippen LogP contribution in [0.25, 0.3) is 5.52 Å². The number of carbonyl (C=O) groups is 2. The number of rotatable bonds is 4. The summed E-state index contributed by atoms with van der Waals surface area (Å²) < 4.78 is 49.1. The Balaban J connectivity index is 1.42. The summed E-state index contributed by atoms with van der Waals surface area (Å²) in [6.07, 6.45) is -2.35. The first-order valence-electron chi connectivity index (χ1n) is 10.7. The first kappa shape index (κ1) is 23.2. The molecule has 0 spiro atoms. The molecule has 1 N–H and O–H groups in total. The second kappa shape index (κ2) is 7.53. The van der Waals surface area contributed by atoms with Crippen molar-refractivity contribution in [3.8, 4) is 5.75 Å². The predicted molar refractivity (Wildman–Crippen MR) is 111 cm³/mol. The Hall–Kier alpha value is -2.98. The van der Waals surface area contributed by atoms with E-state index in [1.54, 1.807) is 45.7 Å². The molecule has 1 saturated heterocycles. The molecule has 1 aliphatic carbocycles. The van der Waals surface area contributed by atoms with E-state index in [0.717, 1.165) is 0 Å². The summed E-state index contributed by atoms with van der Waals surface area (Å²) in [5.41, 5.74) is -1.39. The highest BCUT2D eigenvalue weighted by atomic mass is 19.4. The van der Waals surface area contributed by atoms with E-state index in [4.69, 9.17) is 4.74 Å². The van der Waals surface area contributed by atoms with Crippen LogP contribution in [0, 0.1) is 17.8 Å². The number of fused-ring (bicyclic) bond motifs is 2. The summed E-state index contributed by atoms with van der Waals surface area (Å²) in [6.45, 7) is 9.81. The topological polar surface area (TPSA) is 85.2 Å². The molecule has 33 heavy (non-hydrogen) atoms. The number of likely N-dealkylation sites (tertiary alicyclic amines) is 1. The number of nitrogens with zero attached hydrogens (tertiary/aromatic N) is 3. The molecule has 2 fully saturated rings. The van der Waals surface area contributed by atoms with E-state index < -0.39 is 17.5 Å². The average Bonchev–Trinajstić information content (AvgIpc) is 3.01. The molecule has 3 atom stereocenters. The predicted octanol–water partition coefficient (Wildman–Crippen LogP) is 3.70. The lowest BCUT2D eigenvalue weighted by Crippen LogP contribution is -2.45.